The molecule has 0 amide bonds. The van der Waals surface area contributed by atoms with Crippen LogP contribution in [0.5, 0.6) is 5.75 Å². The summed E-state index contributed by atoms with van der Waals surface area (Å²) in [5, 5.41) is 3.61. The van der Waals surface area contributed by atoms with Crippen molar-refractivity contribution in [3.63, 3.8) is 0 Å². The van der Waals surface area contributed by atoms with Crippen molar-refractivity contribution in [2.24, 2.45) is 0 Å². The van der Waals surface area contributed by atoms with Crippen LogP contribution in [-0.2, 0) is 6.54 Å². The largest absolute Gasteiger partial charge is 0.497 e. The van der Waals surface area contributed by atoms with Gasteiger partial charge >= 0.3 is 0 Å². The number of hydrogen-bond acceptors (Lipinski definition) is 3. The Labute approximate surface area is 126 Å². The molecule has 1 atom stereocenters. The maximum Gasteiger partial charge on any atom is 0.119 e. The quantitative estimate of drug-likeness (QED) is 0.933. The molecule has 1 aliphatic rings. The Hall–Kier alpha value is -1.84. The second kappa shape index (κ2) is 6.74. The molecular formula is C18H22N2O. The van der Waals surface area contributed by atoms with Crippen LogP contribution in [0.4, 0.5) is 0 Å². The fourth-order valence-corrected chi connectivity index (χ4v) is 2.88. The van der Waals surface area contributed by atoms with E-state index in [4.69, 9.17) is 4.74 Å². The van der Waals surface area contributed by atoms with Gasteiger partial charge in [-0.25, -0.2) is 0 Å². The van der Waals surface area contributed by atoms with Gasteiger partial charge in [0.2, 0.25) is 0 Å². The van der Waals surface area contributed by atoms with Gasteiger partial charge in [-0.05, 0) is 23.3 Å². The molecule has 1 saturated heterocycles. The lowest BCUT2D eigenvalue weighted by atomic mass is 10.0. The Balaban J connectivity index is 1.67. The highest BCUT2D eigenvalue weighted by Gasteiger charge is 2.20. The standard InChI is InChI=1S/C18H22N2O/c1-21-17-9-5-8-16(12-17)18-14-20(11-10-19-18)13-15-6-3-2-4-7-15/h2-9,12,18-19H,10-11,13-14H2,1H3/t18-/m0/s1. The van der Waals surface area contributed by atoms with E-state index in [1.807, 2.05) is 6.07 Å². The molecule has 21 heavy (non-hydrogen) atoms. The van der Waals surface area contributed by atoms with Gasteiger partial charge in [0.15, 0.2) is 0 Å². The molecule has 1 N–H and O–H groups in total. The van der Waals surface area contributed by atoms with Gasteiger partial charge in [0.05, 0.1) is 7.11 Å². The van der Waals surface area contributed by atoms with Crippen LogP contribution < -0.4 is 10.1 Å². The summed E-state index contributed by atoms with van der Waals surface area (Å²) >= 11 is 0. The Kier molecular flexibility index (Phi) is 4.53. The minimum atomic E-state index is 0.373. The van der Waals surface area contributed by atoms with Crippen molar-refractivity contribution in [2.75, 3.05) is 26.7 Å². The van der Waals surface area contributed by atoms with Crippen LogP contribution in [0.1, 0.15) is 17.2 Å². The van der Waals surface area contributed by atoms with Gasteiger partial charge in [0.25, 0.3) is 0 Å². The summed E-state index contributed by atoms with van der Waals surface area (Å²) in [6, 6.07) is 19.4. The molecule has 3 nitrogen and oxygen atoms in total. The Morgan fingerprint density at radius 3 is 2.81 bits per heavy atom. The van der Waals surface area contributed by atoms with E-state index in [1.165, 1.54) is 11.1 Å². The van der Waals surface area contributed by atoms with Crippen LogP contribution >= 0.6 is 0 Å². The predicted octanol–water partition coefficient (Wildman–Crippen LogP) is 2.84. The summed E-state index contributed by atoms with van der Waals surface area (Å²) in [5.41, 5.74) is 2.68. The van der Waals surface area contributed by atoms with E-state index in [0.717, 1.165) is 31.9 Å². The Morgan fingerprint density at radius 1 is 1.14 bits per heavy atom. The number of methoxy groups -OCH3 is 1. The molecular weight excluding hydrogens is 260 g/mol. The summed E-state index contributed by atoms with van der Waals surface area (Å²) in [7, 11) is 1.72. The van der Waals surface area contributed by atoms with E-state index in [2.05, 4.69) is 58.7 Å². The fraction of sp³-hybridized carbons (Fsp3) is 0.333. The zero-order chi connectivity index (χ0) is 14.5. The third-order valence-electron chi connectivity index (χ3n) is 4.00. The molecule has 3 heteroatoms. The topological polar surface area (TPSA) is 24.5 Å². The smallest absolute Gasteiger partial charge is 0.119 e. The SMILES string of the molecule is COc1cccc([C@@H]2CN(Cc3ccccc3)CCN2)c1. The maximum atomic E-state index is 5.33. The molecule has 1 heterocycles. The molecule has 0 bridgehead atoms. The zero-order valence-electron chi connectivity index (χ0n) is 12.5. The van der Waals surface area contributed by atoms with Crippen molar-refractivity contribution in [2.45, 2.75) is 12.6 Å². The van der Waals surface area contributed by atoms with Gasteiger partial charge in [-0.2, -0.15) is 0 Å². The Bertz CT molecular complexity index is 570. The first kappa shape index (κ1) is 14.1. The van der Waals surface area contributed by atoms with E-state index in [1.54, 1.807) is 7.11 Å². The van der Waals surface area contributed by atoms with Gasteiger partial charge in [0, 0.05) is 32.2 Å². The molecule has 1 aliphatic heterocycles. The van der Waals surface area contributed by atoms with E-state index in [-0.39, 0.29) is 0 Å². The monoisotopic (exact) mass is 282 g/mol. The summed E-state index contributed by atoms with van der Waals surface area (Å²) in [4.78, 5) is 2.51. The normalized spacial score (nSPS) is 19.4. The van der Waals surface area contributed by atoms with Crippen LogP contribution in [0.25, 0.3) is 0 Å². The minimum absolute atomic E-state index is 0.373. The molecule has 2 aromatic carbocycles. The lowest BCUT2D eigenvalue weighted by Crippen LogP contribution is -2.45. The second-order valence-corrected chi connectivity index (χ2v) is 5.50. The second-order valence-electron chi connectivity index (χ2n) is 5.50. The number of ether oxygens (including phenoxy) is 1. The van der Waals surface area contributed by atoms with E-state index >= 15 is 0 Å². The van der Waals surface area contributed by atoms with Gasteiger partial charge in [0.1, 0.15) is 5.75 Å². The van der Waals surface area contributed by atoms with Gasteiger partial charge in [-0.1, -0.05) is 42.5 Å². The van der Waals surface area contributed by atoms with E-state index in [9.17, 15) is 0 Å². The van der Waals surface area contributed by atoms with Crippen LogP contribution in [-0.4, -0.2) is 31.6 Å². The number of piperazine rings is 1. The number of nitrogens with zero attached hydrogens (tertiary/aromatic N) is 1. The molecule has 0 aromatic heterocycles. The van der Waals surface area contributed by atoms with Crippen LogP contribution in [0.2, 0.25) is 0 Å². The molecule has 0 spiro atoms. The number of benzene rings is 2. The third kappa shape index (κ3) is 3.63. The van der Waals surface area contributed by atoms with Crippen LogP contribution in [0.3, 0.4) is 0 Å². The molecule has 1 fully saturated rings. The van der Waals surface area contributed by atoms with Crippen molar-refractivity contribution < 1.29 is 4.74 Å². The average Bonchev–Trinajstić information content (AvgIpc) is 2.56. The lowest BCUT2D eigenvalue weighted by molar-refractivity contribution is 0.193. The lowest BCUT2D eigenvalue weighted by Gasteiger charge is -2.34. The molecule has 0 radical (unpaired) electrons. The minimum Gasteiger partial charge on any atom is -0.497 e. The van der Waals surface area contributed by atoms with Crippen molar-refractivity contribution in [3.8, 4) is 5.75 Å². The maximum absolute atomic E-state index is 5.33. The third-order valence-corrected chi connectivity index (χ3v) is 4.00. The first-order chi connectivity index (χ1) is 10.3. The Morgan fingerprint density at radius 2 is 2.00 bits per heavy atom. The highest BCUT2D eigenvalue weighted by molar-refractivity contribution is 5.31. The first-order valence-electron chi connectivity index (χ1n) is 7.49. The predicted molar refractivity (Wildman–Crippen MR) is 85.5 cm³/mol. The average molecular weight is 282 g/mol. The summed E-state index contributed by atoms with van der Waals surface area (Å²) in [6.45, 7) is 4.16. The highest BCUT2D eigenvalue weighted by atomic mass is 16.5. The van der Waals surface area contributed by atoms with Crippen molar-refractivity contribution >= 4 is 0 Å². The first-order valence-corrected chi connectivity index (χ1v) is 7.49. The van der Waals surface area contributed by atoms with Gasteiger partial charge in [-0.3, -0.25) is 4.90 Å². The van der Waals surface area contributed by atoms with Gasteiger partial charge in [-0.15, -0.1) is 0 Å². The fourth-order valence-electron chi connectivity index (χ4n) is 2.88. The van der Waals surface area contributed by atoms with Gasteiger partial charge < -0.3 is 10.1 Å². The molecule has 110 valence electrons. The van der Waals surface area contributed by atoms with Crippen LogP contribution in [0.15, 0.2) is 54.6 Å². The van der Waals surface area contributed by atoms with Crippen LogP contribution in [0, 0.1) is 0 Å². The summed E-state index contributed by atoms with van der Waals surface area (Å²) in [6.07, 6.45) is 0. The van der Waals surface area contributed by atoms with Crippen molar-refractivity contribution in [1.82, 2.24) is 10.2 Å². The molecule has 2 aromatic rings. The summed E-state index contributed by atoms with van der Waals surface area (Å²) < 4.78 is 5.33. The molecule has 0 aliphatic carbocycles. The summed E-state index contributed by atoms with van der Waals surface area (Å²) in [5.74, 6) is 0.925. The highest BCUT2D eigenvalue weighted by Crippen LogP contribution is 2.22. The number of nitrogens with one attached hydrogen (secondary N) is 1. The zero-order valence-corrected chi connectivity index (χ0v) is 12.5. The number of rotatable bonds is 4. The molecule has 0 unspecified atom stereocenters. The molecule has 0 saturated carbocycles. The molecule has 3 rings (SSSR count). The van der Waals surface area contributed by atoms with E-state index in [0.29, 0.717) is 6.04 Å². The van der Waals surface area contributed by atoms with E-state index < -0.39 is 0 Å². The van der Waals surface area contributed by atoms with Crippen molar-refractivity contribution in [3.05, 3.63) is 65.7 Å². The van der Waals surface area contributed by atoms with Crippen molar-refractivity contribution in [1.29, 1.82) is 0 Å². The number of hydrogen-bond donors (Lipinski definition) is 1.